The number of nitro benzene ring substituents is 1. The topological polar surface area (TPSA) is 46.4 Å². The highest BCUT2D eigenvalue weighted by Crippen LogP contribution is 2.31. The molecule has 1 aliphatic rings. The van der Waals surface area contributed by atoms with Gasteiger partial charge in [-0.3, -0.25) is 10.1 Å². The van der Waals surface area contributed by atoms with Gasteiger partial charge >= 0.3 is 0 Å². The molecule has 1 unspecified atom stereocenters. The van der Waals surface area contributed by atoms with Crippen molar-refractivity contribution in [2.75, 3.05) is 11.4 Å². The fourth-order valence-corrected chi connectivity index (χ4v) is 3.28. The predicted molar refractivity (Wildman–Crippen MR) is 81.1 cm³/mol. The average Bonchev–Trinajstić information content (AvgIpc) is 2.38. The van der Waals surface area contributed by atoms with E-state index in [4.69, 9.17) is 0 Å². The summed E-state index contributed by atoms with van der Waals surface area (Å²) in [6, 6.07) is 6.02. The van der Waals surface area contributed by atoms with Gasteiger partial charge in [0.15, 0.2) is 0 Å². The van der Waals surface area contributed by atoms with Crippen LogP contribution in [-0.2, 0) is 0 Å². The maximum absolute atomic E-state index is 10.8. The van der Waals surface area contributed by atoms with E-state index in [1.165, 1.54) is 19.3 Å². The summed E-state index contributed by atoms with van der Waals surface area (Å²) in [5.74, 6) is 0. The molecule has 1 aromatic carbocycles. The predicted octanol–water partition coefficient (Wildman–Crippen LogP) is 3.97. The highest BCUT2D eigenvalue weighted by molar-refractivity contribution is 14.1. The molecule has 0 amide bonds. The van der Waals surface area contributed by atoms with Crippen LogP contribution in [0.25, 0.3) is 0 Å². The van der Waals surface area contributed by atoms with Gasteiger partial charge in [-0.2, -0.15) is 0 Å². The fourth-order valence-electron chi connectivity index (χ4n) is 2.59. The lowest BCUT2D eigenvalue weighted by Gasteiger charge is -2.37. The number of piperidine rings is 1. The van der Waals surface area contributed by atoms with Crippen molar-refractivity contribution in [3.05, 3.63) is 31.9 Å². The van der Waals surface area contributed by atoms with Crippen LogP contribution in [0, 0.1) is 13.7 Å². The van der Waals surface area contributed by atoms with Gasteiger partial charge in [-0.05, 0) is 60.4 Å². The Balaban J connectivity index is 2.27. The van der Waals surface area contributed by atoms with E-state index < -0.39 is 0 Å². The van der Waals surface area contributed by atoms with Crippen molar-refractivity contribution in [1.29, 1.82) is 0 Å². The Labute approximate surface area is 121 Å². The van der Waals surface area contributed by atoms with E-state index in [1.807, 2.05) is 34.7 Å². The third-order valence-electron chi connectivity index (χ3n) is 3.56. The highest BCUT2D eigenvalue weighted by Gasteiger charge is 2.22. The lowest BCUT2D eigenvalue weighted by Crippen LogP contribution is -2.39. The summed E-state index contributed by atoms with van der Waals surface area (Å²) in [6.45, 7) is 3.27. The van der Waals surface area contributed by atoms with Crippen molar-refractivity contribution in [3.63, 3.8) is 0 Å². The molecule has 1 aromatic rings. The summed E-state index contributed by atoms with van der Waals surface area (Å²) in [7, 11) is 0. The summed E-state index contributed by atoms with van der Waals surface area (Å²) in [4.78, 5) is 12.9. The lowest BCUT2D eigenvalue weighted by molar-refractivity contribution is -0.385. The molecule has 1 heterocycles. The van der Waals surface area contributed by atoms with Crippen LogP contribution in [-0.4, -0.2) is 17.5 Å². The van der Waals surface area contributed by atoms with Gasteiger partial charge in [-0.25, -0.2) is 0 Å². The second-order valence-electron chi connectivity index (χ2n) is 4.64. The molecule has 1 fully saturated rings. The van der Waals surface area contributed by atoms with E-state index in [9.17, 15) is 10.1 Å². The van der Waals surface area contributed by atoms with E-state index >= 15 is 0 Å². The second-order valence-corrected chi connectivity index (χ2v) is 5.81. The Bertz CT molecular complexity index is 451. The molecular weight excluding hydrogens is 343 g/mol. The molecule has 0 bridgehead atoms. The van der Waals surface area contributed by atoms with Gasteiger partial charge < -0.3 is 4.90 Å². The molecule has 0 aromatic heterocycles. The van der Waals surface area contributed by atoms with Crippen LogP contribution in [0.5, 0.6) is 0 Å². The van der Waals surface area contributed by atoms with Crippen LogP contribution in [0.1, 0.15) is 32.6 Å². The molecule has 2 rings (SSSR count). The number of nitro groups is 1. The van der Waals surface area contributed by atoms with Crippen molar-refractivity contribution < 1.29 is 4.92 Å². The SMILES string of the molecule is CCC1CCCCN1c1ccc([N+](=O)[O-])c(I)c1. The Morgan fingerprint density at radius 1 is 1.50 bits per heavy atom. The smallest absolute Gasteiger partial charge is 0.282 e. The summed E-state index contributed by atoms with van der Waals surface area (Å²) >= 11 is 2.05. The minimum atomic E-state index is -0.320. The van der Waals surface area contributed by atoms with Crippen molar-refractivity contribution in [2.45, 2.75) is 38.6 Å². The van der Waals surface area contributed by atoms with Gasteiger partial charge in [-0.1, -0.05) is 6.92 Å². The van der Waals surface area contributed by atoms with Crippen LogP contribution in [0.2, 0.25) is 0 Å². The van der Waals surface area contributed by atoms with Gasteiger partial charge in [-0.15, -0.1) is 0 Å². The number of nitrogens with zero attached hydrogens (tertiary/aromatic N) is 2. The van der Waals surface area contributed by atoms with Crippen molar-refractivity contribution >= 4 is 34.0 Å². The van der Waals surface area contributed by atoms with Gasteiger partial charge in [0.1, 0.15) is 0 Å². The molecule has 98 valence electrons. The summed E-state index contributed by atoms with van der Waals surface area (Å²) in [5.41, 5.74) is 1.32. The minimum absolute atomic E-state index is 0.199. The van der Waals surface area contributed by atoms with Gasteiger partial charge in [0.05, 0.1) is 8.49 Å². The van der Waals surface area contributed by atoms with Crippen molar-refractivity contribution in [1.82, 2.24) is 0 Å². The first-order valence-electron chi connectivity index (χ1n) is 6.34. The maximum Gasteiger partial charge on any atom is 0.282 e. The largest absolute Gasteiger partial charge is 0.369 e. The zero-order chi connectivity index (χ0) is 13.1. The van der Waals surface area contributed by atoms with Crippen molar-refractivity contribution in [2.24, 2.45) is 0 Å². The van der Waals surface area contributed by atoms with E-state index in [2.05, 4.69) is 11.8 Å². The zero-order valence-corrected chi connectivity index (χ0v) is 12.6. The molecular formula is C13H17IN2O2. The van der Waals surface area contributed by atoms with Crippen LogP contribution < -0.4 is 4.90 Å². The molecule has 1 saturated heterocycles. The van der Waals surface area contributed by atoms with Gasteiger partial charge in [0.25, 0.3) is 5.69 Å². The Hall–Kier alpha value is -0.850. The second kappa shape index (κ2) is 5.86. The van der Waals surface area contributed by atoms with Crippen molar-refractivity contribution in [3.8, 4) is 0 Å². The van der Waals surface area contributed by atoms with E-state index in [1.54, 1.807) is 6.07 Å². The summed E-state index contributed by atoms with van der Waals surface area (Å²) in [6.07, 6.45) is 4.86. The first kappa shape index (κ1) is 13.6. The molecule has 0 N–H and O–H groups in total. The van der Waals surface area contributed by atoms with E-state index in [0.717, 1.165) is 22.2 Å². The molecule has 0 spiro atoms. The Morgan fingerprint density at radius 2 is 2.28 bits per heavy atom. The maximum atomic E-state index is 10.8. The molecule has 5 heteroatoms. The standard InChI is InChI=1S/C13H17IN2O2/c1-2-10-5-3-4-8-15(10)11-6-7-13(16(17)18)12(14)9-11/h6-7,9-10H,2-5,8H2,1H3. The number of halogens is 1. The third kappa shape index (κ3) is 2.76. The number of benzene rings is 1. The van der Waals surface area contributed by atoms with E-state index in [-0.39, 0.29) is 10.6 Å². The monoisotopic (exact) mass is 360 g/mol. The first-order valence-corrected chi connectivity index (χ1v) is 7.42. The van der Waals surface area contributed by atoms with Crippen LogP contribution in [0.4, 0.5) is 11.4 Å². The average molecular weight is 360 g/mol. The zero-order valence-electron chi connectivity index (χ0n) is 10.4. The number of hydrogen-bond acceptors (Lipinski definition) is 3. The first-order chi connectivity index (χ1) is 8.63. The summed E-state index contributed by atoms with van der Waals surface area (Å²) < 4.78 is 0.718. The Morgan fingerprint density at radius 3 is 2.89 bits per heavy atom. The number of anilines is 1. The normalized spacial score (nSPS) is 19.9. The molecule has 0 aliphatic carbocycles. The highest BCUT2D eigenvalue weighted by atomic mass is 127. The quantitative estimate of drug-likeness (QED) is 0.466. The van der Waals surface area contributed by atoms with Crippen LogP contribution >= 0.6 is 22.6 Å². The minimum Gasteiger partial charge on any atom is -0.369 e. The summed E-state index contributed by atoms with van der Waals surface area (Å²) in [5, 5.41) is 10.8. The third-order valence-corrected chi connectivity index (χ3v) is 4.42. The number of hydrogen-bond donors (Lipinski definition) is 0. The lowest BCUT2D eigenvalue weighted by atomic mass is 9.99. The molecule has 4 nitrogen and oxygen atoms in total. The van der Waals surface area contributed by atoms with E-state index in [0.29, 0.717) is 6.04 Å². The molecule has 0 radical (unpaired) electrons. The van der Waals surface area contributed by atoms with Crippen LogP contribution in [0.15, 0.2) is 18.2 Å². The van der Waals surface area contributed by atoms with Crippen LogP contribution in [0.3, 0.4) is 0 Å². The fraction of sp³-hybridized carbons (Fsp3) is 0.538. The molecule has 1 atom stereocenters. The molecule has 18 heavy (non-hydrogen) atoms. The van der Waals surface area contributed by atoms with Gasteiger partial charge in [0.2, 0.25) is 0 Å². The molecule has 0 saturated carbocycles. The molecule has 1 aliphatic heterocycles. The Kier molecular flexibility index (Phi) is 4.42. The van der Waals surface area contributed by atoms with Gasteiger partial charge in [0, 0.05) is 24.3 Å². The number of rotatable bonds is 3.